The molecule has 0 fully saturated rings. The van der Waals surface area contributed by atoms with Gasteiger partial charge in [-0.15, -0.1) is 0 Å². The van der Waals surface area contributed by atoms with Gasteiger partial charge in [0, 0.05) is 38.6 Å². The molecule has 0 N–H and O–H groups in total. The highest BCUT2D eigenvalue weighted by Crippen LogP contribution is 2.35. The predicted molar refractivity (Wildman–Crippen MR) is 83.1 cm³/mol. The number of sulfonamides is 1. The van der Waals surface area contributed by atoms with Crippen LogP contribution in [0.1, 0.15) is 6.42 Å². The first-order chi connectivity index (χ1) is 10.5. The number of nitrogens with zero attached hydrogens (tertiary/aromatic N) is 3. The van der Waals surface area contributed by atoms with E-state index in [0.29, 0.717) is 30.9 Å². The Labute approximate surface area is 129 Å². The molecule has 0 spiro atoms. The molecule has 5 nitrogen and oxygen atoms in total. The van der Waals surface area contributed by atoms with Crippen molar-refractivity contribution in [3.05, 3.63) is 48.5 Å². The highest BCUT2D eigenvalue weighted by atomic mass is 32.2. The van der Waals surface area contributed by atoms with Crippen molar-refractivity contribution in [1.29, 1.82) is 0 Å². The van der Waals surface area contributed by atoms with Gasteiger partial charge in [0.25, 0.3) is 10.0 Å². The summed E-state index contributed by atoms with van der Waals surface area (Å²) in [5, 5.41) is 0. The molecule has 1 aromatic carbocycles. The van der Waals surface area contributed by atoms with Gasteiger partial charge in [0.05, 0.1) is 11.4 Å². The van der Waals surface area contributed by atoms with Crippen LogP contribution in [0.2, 0.25) is 0 Å². The number of hydrogen-bond donors (Lipinski definition) is 0. The van der Waals surface area contributed by atoms with E-state index in [2.05, 4.69) is 4.98 Å². The largest absolute Gasteiger partial charge is 0.373 e. The van der Waals surface area contributed by atoms with Gasteiger partial charge in [-0.25, -0.2) is 12.8 Å². The number of pyridine rings is 1. The summed E-state index contributed by atoms with van der Waals surface area (Å²) in [6.45, 7) is 1.01. The van der Waals surface area contributed by atoms with Crippen LogP contribution in [-0.2, 0) is 10.0 Å². The third kappa shape index (κ3) is 2.52. The van der Waals surface area contributed by atoms with Crippen molar-refractivity contribution in [3.8, 4) is 0 Å². The van der Waals surface area contributed by atoms with Gasteiger partial charge >= 0.3 is 0 Å². The molecule has 0 amide bonds. The zero-order chi connectivity index (χ0) is 15.7. The molecule has 2 aromatic rings. The number of halogens is 1. The molecular weight excluding hydrogens is 305 g/mol. The molecule has 116 valence electrons. The highest BCUT2D eigenvalue weighted by Gasteiger charge is 2.29. The second-order valence-electron chi connectivity index (χ2n) is 5.17. The maximum Gasteiger partial charge on any atom is 0.265 e. The summed E-state index contributed by atoms with van der Waals surface area (Å²) < 4.78 is 40.7. The molecular formula is C15H16FN3O2S. The van der Waals surface area contributed by atoms with Crippen LogP contribution in [0.25, 0.3) is 0 Å². The summed E-state index contributed by atoms with van der Waals surface area (Å²) in [7, 11) is -1.89. The Hall–Kier alpha value is -2.15. The summed E-state index contributed by atoms with van der Waals surface area (Å²) in [6, 6.07) is 7.29. The lowest BCUT2D eigenvalue weighted by Gasteiger charge is -2.25. The van der Waals surface area contributed by atoms with Crippen LogP contribution in [0.4, 0.5) is 15.8 Å². The summed E-state index contributed by atoms with van der Waals surface area (Å²) in [5.41, 5.74) is 1.07. The minimum atomic E-state index is -3.76. The standard InChI is InChI=1S/C15H16FN3O2S/c1-18-8-3-9-19(15-10-12(16)5-6-14(15)18)22(20,21)13-4-2-7-17-11-13/h2,4-7,10-11H,3,8-9H2,1H3. The quantitative estimate of drug-likeness (QED) is 0.851. The summed E-state index contributed by atoms with van der Waals surface area (Å²) in [5.74, 6) is -0.458. The number of fused-ring (bicyclic) bond motifs is 1. The average molecular weight is 321 g/mol. The van der Waals surface area contributed by atoms with Gasteiger partial charge in [-0.1, -0.05) is 0 Å². The van der Waals surface area contributed by atoms with Gasteiger partial charge in [0.2, 0.25) is 0 Å². The molecule has 0 bridgehead atoms. The lowest BCUT2D eigenvalue weighted by Crippen LogP contribution is -2.31. The van der Waals surface area contributed by atoms with E-state index in [1.54, 1.807) is 12.1 Å². The van der Waals surface area contributed by atoms with E-state index in [-0.39, 0.29) is 4.90 Å². The van der Waals surface area contributed by atoms with E-state index in [1.165, 1.54) is 34.9 Å². The van der Waals surface area contributed by atoms with Crippen molar-refractivity contribution in [2.45, 2.75) is 11.3 Å². The molecule has 0 atom stereocenters. The number of benzene rings is 1. The number of anilines is 2. The molecule has 0 unspecified atom stereocenters. The van der Waals surface area contributed by atoms with Crippen molar-refractivity contribution in [2.75, 3.05) is 29.3 Å². The maximum atomic E-state index is 13.7. The van der Waals surface area contributed by atoms with Crippen LogP contribution >= 0.6 is 0 Å². The smallest absolute Gasteiger partial charge is 0.265 e. The Kier molecular flexibility index (Phi) is 3.74. The zero-order valence-corrected chi connectivity index (χ0v) is 12.9. The fourth-order valence-corrected chi connectivity index (χ4v) is 4.06. The van der Waals surface area contributed by atoms with Crippen molar-refractivity contribution >= 4 is 21.4 Å². The lowest BCUT2D eigenvalue weighted by atomic mass is 10.2. The molecule has 22 heavy (non-hydrogen) atoms. The van der Waals surface area contributed by atoms with Gasteiger partial charge in [0.1, 0.15) is 10.7 Å². The molecule has 0 radical (unpaired) electrons. The van der Waals surface area contributed by atoms with E-state index in [0.717, 1.165) is 0 Å². The third-order valence-corrected chi connectivity index (χ3v) is 5.49. The van der Waals surface area contributed by atoms with E-state index >= 15 is 0 Å². The number of aromatic nitrogens is 1. The van der Waals surface area contributed by atoms with Crippen molar-refractivity contribution < 1.29 is 12.8 Å². The average Bonchev–Trinajstić information content (AvgIpc) is 2.67. The van der Waals surface area contributed by atoms with Crippen molar-refractivity contribution in [3.63, 3.8) is 0 Å². The van der Waals surface area contributed by atoms with Crippen LogP contribution in [0.15, 0.2) is 47.6 Å². The molecule has 2 heterocycles. The van der Waals surface area contributed by atoms with Gasteiger partial charge < -0.3 is 4.90 Å². The third-order valence-electron chi connectivity index (χ3n) is 3.69. The van der Waals surface area contributed by atoms with E-state index in [4.69, 9.17) is 0 Å². The van der Waals surface area contributed by atoms with Gasteiger partial charge in [-0.3, -0.25) is 9.29 Å². The lowest BCUT2D eigenvalue weighted by molar-refractivity contribution is 0.589. The second-order valence-corrected chi connectivity index (χ2v) is 7.04. The minimum Gasteiger partial charge on any atom is -0.373 e. The highest BCUT2D eigenvalue weighted by molar-refractivity contribution is 7.92. The fourth-order valence-electron chi connectivity index (χ4n) is 2.59. The molecule has 7 heteroatoms. The molecule has 1 aliphatic heterocycles. The first kappa shape index (κ1) is 14.8. The van der Waals surface area contributed by atoms with Gasteiger partial charge in [-0.05, 0) is 30.7 Å². The molecule has 1 aromatic heterocycles. The Balaban J connectivity index is 2.15. The van der Waals surface area contributed by atoms with Gasteiger partial charge in [-0.2, -0.15) is 0 Å². The van der Waals surface area contributed by atoms with Crippen LogP contribution in [0.5, 0.6) is 0 Å². The minimum absolute atomic E-state index is 0.106. The van der Waals surface area contributed by atoms with Crippen LogP contribution in [0, 0.1) is 5.82 Å². The van der Waals surface area contributed by atoms with Crippen molar-refractivity contribution in [1.82, 2.24) is 4.98 Å². The Morgan fingerprint density at radius 1 is 1.18 bits per heavy atom. The van der Waals surface area contributed by atoms with Crippen molar-refractivity contribution in [2.24, 2.45) is 0 Å². The number of rotatable bonds is 2. The fraction of sp³-hybridized carbons (Fsp3) is 0.267. The van der Waals surface area contributed by atoms with Gasteiger partial charge in [0.15, 0.2) is 0 Å². The van der Waals surface area contributed by atoms with Crippen LogP contribution in [-0.4, -0.2) is 33.5 Å². The molecule has 0 aliphatic carbocycles. The summed E-state index contributed by atoms with van der Waals surface area (Å²) in [4.78, 5) is 5.91. The Morgan fingerprint density at radius 3 is 2.73 bits per heavy atom. The maximum absolute atomic E-state index is 13.7. The SMILES string of the molecule is CN1CCCN(S(=O)(=O)c2cccnc2)c2cc(F)ccc21. The first-order valence-electron chi connectivity index (χ1n) is 6.93. The van der Waals surface area contributed by atoms with E-state index in [1.807, 2.05) is 11.9 Å². The molecule has 1 aliphatic rings. The molecule has 0 saturated heterocycles. The number of hydrogen-bond acceptors (Lipinski definition) is 4. The summed E-state index contributed by atoms with van der Waals surface area (Å²) >= 11 is 0. The monoisotopic (exact) mass is 321 g/mol. The second kappa shape index (κ2) is 5.57. The van der Waals surface area contributed by atoms with Crippen LogP contribution < -0.4 is 9.21 Å². The topological polar surface area (TPSA) is 53.5 Å². The normalized spacial score (nSPS) is 15.4. The first-order valence-corrected chi connectivity index (χ1v) is 8.37. The molecule has 3 rings (SSSR count). The zero-order valence-electron chi connectivity index (χ0n) is 12.1. The van der Waals surface area contributed by atoms with E-state index in [9.17, 15) is 12.8 Å². The Morgan fingerprint density at radius 2 is 2.00 bits per heavy atom. The predicted octanol–water partition coefficient (Wildman–Crippen LogP) is 2.26. The van der Waals surface area contributed by atoms with Crippen LogP contribution in [0.3, 0.4) is 0 Å². The molecule has 0 saturated carbocycles. The Bertz CT molecular complexity index is 781. The summed E-state index contributed by atoms with van der Waals surface area (Å²) in [6.07, 6.45) is 3.48. The van der Waals surface area contributed by atoms with E-state index < -0.39 is 15.8 Å².